The summed E-state index contributed by atoms with van der Waals surface area (Å²) in [6, 6.07) is 2.31. The Kier molecular flexibility index (Phi) is 5.72. The van der Waals surface area contributed by atoms with Crippen LogP contribution in [-0.2, 0) is 9.53 Å². The van der Waals surface area contributed by atoms with Crippen LogP contribution in [0.25, 0.3) is 0 Å². The molecule has 4 nitrogen and oxygen atoms in total. The van der Waals surface area contributed by atoms with Gasteiger partial charge in [0.05, 0.1) is 0 Å². The van der Waals surface area contributed by atoms with Crippen LogP contribution in [0.4, 0.5) is 54.1 Å². The van der Waals surface area contributed by atoms with Crippen LogP contribution in [0.3, 0.4) is 0 Å². The minimum Gasteiger partial charge on any atom is -0.305 e. The molecule has 27 heavy (non-hydrogen) atoms. The van der Waals surface area contributed by atoms with Crippen LogP contribution in [-0.4, -0.2) is 41.1 Å². The van der Waals surface area contributed by atoms with Gasteiger partial charge in [0.1, 0.15) is 5.82 Å². The van der Waals surface area contributed by atoms with Crippen molar-refractivity contribution in [2.45, 2.75) is 37.2 Å². The third kappa shape index (κ3) is 4.22. The SMILES string of the molecule is Cc1cccnc1NC(=O)[C@@](F)(OC(F)(F)C(F)(F)C(F)(F)F)C(F)(F)F. The van der Waals surface area contributed by atoms with E-state index in [-0.39, 0.29) is 5.56 Å². The quantitative estimate of drug-likeness (QED) is 0.721. The normalized spacial score (nSPS) is 16.0. The van der Waals surface area contributed by atoms with E-state index in [2.05, 4.69) is 9.72 Å². The number of hydrogen-bond donors (Lipinski definition) is 1. The van der Waals surface area contributed by atoms with Gasteiger partial charge in [0.2, 0.25) is 0 Å². The molecule has 1 N–H and O–H groups in total. The number of nitrogens with zero attached hydrogens (tertiary/aromatic N) is 1. The molecule has 1 heterocycles. The number of aryl methyl sites for hydroxylation is 1. The fraction of sp³-hybridized carbons (Fsp3) is 0.500. The zero-order valence-corrected chi connectivity index (χ0v) is 12.7. The van der Waals surface area contributed by atoms with Crippen molar-refractivity contribution >= 4 is 11.7 Å². The summed E-state index contributed by atoms with van der Waals surface area (Å²) in [5.74, 6) is -17.5. The zero-order chi connectivity index (χ0) is 21.5. The molecule has 0 radical (unpaired) electrons. The summed E-state index contributed by atoms with van der Waals surface area (Å²) in [5.41, 5.74) is -0.122. The van der Waals surface area contributed by atoms with Crippen LogP contribution in [0.2, 0.25) is 0 Å². The van der Waals surface area contributed by atoms with Crippen molar-refractivity contribution in [3.05, 3.63) is 23.9 Å². The van der Waals surface area contributed by atoms with Gasteiger partial charge in [-0.1, -0.05) is 6.07 Å². The smallest absolute Gasteiger partial charge is 0.305 e. The summed E-state index contributed by atoms with van der Waals surface area (Å²) in [5, 5.41) is 1.04. The topological polar surface area (TPSA) is 51.2 Å². The fourth-order valence-electron chi connectivity index (χ4n) is 1.44. The number of aromatic nitrogens is 1. The second-order valence-corrected chi connectivity index (χ2v) is 4.91. The standard InChI is InChI=1S/C12H7F11N2O2/c1-5-3-2-4-24-6(5)25-7(26)8(13,10(16,17)18)27-12(22,23)9(14,15)11(19,20)21/h2-4H,1H3,(H,24,25,26)/t8-/m1/s1. The minimum atomic E-state index is -7.25. The number of carbonyl (C=O) groups is 1. The third-order valence-corrected chi connectivity index (χ3v) is 2.89. The van der Waals surface area contributed by atoms with Gasteiger partial charge in [-0.3, -0.25) is 9.53 Å². The number of hydrogen-bond acceptors (Lipinski definition) is 3. The molecule has 1 rings (SSSR count). The maximum Gasteiger partial charge on any atom is 0.462 e. The molecule has 15 heteroatoms. The molecule has 1 aromatic heterocycles. The van der Waals surface area contributed by atoms with Gasteiger partial charge in [0.25, 0.3) is 0 Å². The number of carbonyl (C=O) groups excluding carboxylic acids is 1. The number of ether oxygens (including phenoxy) is 1. The van der Waals surface area contributed by atoms with E-state index < -0.39 is 42.0 Å². The number of pyridine rings is 1. The lowest BCUT2D eigenvalue weighted by Crippen LogP contribution is -2.62. The Balaban J connectivity index is 3.32. The van der Waals surface area contributed by atoms with Crippen LogP contribution in [0.1, 0.15) is 5.56 Å². The van der Waals surface area contributed by atoms with Gasteiger partial charge in [-0.2, -0.15) is 48.3 Å². The molecule has 0 aliphatic carbocycles. The molecule has 0 unspecified atom stereocenters. The summed E-state index contributed by atoms with van der Waals surface area (Å²) in [7, 11) is 0. The highest BCUT2D eigenvalue weighted by atomic mass is 19.4. The number of alkyl halides is 11. The Hall–Kier alpha value is -2.19. The number of anilines is 1. The molecular formula is C12H7F11N2O2. The molecule has 0 aliphatic rings. The van der Waals surface area contributed by atoms with E-state index in [1.807, 2.05) is 0 Å². The molecule has 0 bridgehead atoms. The van der Waals surface area contributed by atoms with Gasteiger partial charge in [-0.05, 0) is 18.6 Å². The van der Waals surface area contributed by atoms with E-state index in [4.69, 9.17) is 0 Å². The van der Waals surface area contributed by atoms with E-state index in [0.29, 0.717) is 0 Å². The van der Waals surface area contributed by atoms with Gasteiger partial charge in [-0.25, -0.2) is 4.98 Å². The Morgan fingerprint density at radius 1 is 0.963 bits per heavy atom. The van der Waals surface area contributed by atoms with E-state index in [1.54, 1.807) is 0 Å². The molecule has 1 aromatic rings. The molecule has 0 saturated heterocycles. The van der Waals surface area contributed by atoms with Gasteiger partial charge in [0.15, 0.2) is 0 Å². The predicted octanol–water partition coefficient (Wildman–Crippen LogP) is 4.36. The van der Waals surface area contributed by atoms with Gasteiger partial charge >= 0.3 is 36.1 Å². The maximum atomic E-state index is 14.0. The summed E-state index contributed by atoms with van der Waals surface area (Å²) in [6.07, 6.45) is -20.1. The van der Waals surface area contributed by atoms with Crippen molar-refractivity contribution in [1.82, 2.24) is 4.98 Å². The Labute approximate surface area is 142 Å². The molecule has 0 spiro atoms. The van der Waals surface area contributed by atoms with E-state index >= 15 is 0 Å². The van der Waals surface area contributed by atoms with Crippen LogP contribution < -0.4 is 5.32 Å². The molecule has 154 valence electrons. The molecule has 1 amide bonds. The molecule has 0 aliphatic heterocycles. The molecular weight excluding hydrogens is 413 g/mol. The highest BCUT2D eigenvalue weighted by molar-refractivity contribution is 5.96. The average molecular weight is 420 g/mol. The first-order valence-corrected chi connectivity index (χ1v) is 6.38. The number of amides is 1. The first-order valence-electron chi connectivity index (χ1n) is 6.38. The lowest BCUT2D eigenvalue weighted by Gasteiger charge is -2.34. The highest BCUT2D eigenvalue weighted by Crippen LogP contribution is 2.51. The largest absolute Gasteiger partial charge is 0.462 e. The lowest BCUT2D eigenvalue weighted by molar-refractivity contribution is -0.472. The lowest BCUT2D eigenvalue weighted by atomic mass is 10.2. The number of rotatable bonds is 5. The Morgan fingerprint density at radius 2 is 1.48 bits per heavy atom. The van der Waals surface area contributed by atoms with Crippen molar-refractivity contribution < 1.29 is 57.8 Å². The minimum absolute atomic E-state index is 0.122. The predicted molar refractivity (Wildman–Crippen MR) is 64.5 cm³/mol. The van der Waals surface area contributed by atoms with E-state index in [1.165, 1.54) is 6.07 Å². The van der Waals surface area contributed by atoms with Crippen molar-refractivity contribution in [1.29, 1.82) is 0 Å². The fourth-order valence-corrected chi connectivity index (χ4v) is 1.44. The van der Waals surface area contributed by atoms with Crippen LogP contribution in [0, 0.1) is 6.92 Å². The van der Waals surface area contributed by atoms with E-state index in [0.717, 1.165) is 24.5 Å². The summed E-state index contributed by atoms with van der Waals surface area (Å²) < 4.78 is 142. The first kappa shape index (κ1) is 22.9. The second-order valence-electron chi connectivity index (χ2n) is 4.91. The molecule has 0 fully saturated rings. The molecule has 0 saturated carbocycles. The number of nitrogens with one attached hydrogen (secondary N) is 1. The third-order valence-electron chi connectivity index (χ3n) is 2.89. The summed E-state index contributed by atoms with van der Waals surface area (Å²) in [4.78, 5) is 14.7. The first-order chi connectivity index (χ1) is 11.9. The Bertz CT molecular complexity index is 701. The van der Waals surface area contributed by atoms with Crippen molar-refractivity contribution in [2.24, 2.45) is 0 Å². The van der Waals surface area contributed by atoms with Crippen LogP contribution in [0.15, 0.2) is 18.3 Å². The van der Waals surface area contributed by atoms with Crippen LogP contribution >= 0.6 is 0 Å². The van der Waals surface area contributed by atoms with Crippen molar-refractivity contribution in [3.63, 3.8) is 0 Å². The van der Waals surface area contributed by atoms with Crippen LogP contribution in [0.5, 0.6) is 0 Å². The van der Waals surface area contributed by atoms with Gasteiger partial charge in [0, 0.05) is 6.20 Å². The number of halogens is 11. The summed E-state index contributed by atoms with van der Waals surface area (Å²) >= 11 is 0. The molecule has 0 aromatic carbocycles. The highest BCUT2D eigenvalue weighted by Gasteiger charge is 2.79. The zero-order valence-electron chi connectivity index (χ0n) is 12.7. The van der Waals surface area contributed by atoms with Gasteiger partial charge < -0.3 is 5.32 Å². The average Bonchev–Trinajstić information content (AvgIpc) is 2.46. The maximum absolute atomic E-state index is 14.0. The second kappa shape index (κ2) is 6.76. The Morgan fingerprint density at radius 3 is 1.89 bits per heavy atom. The van der Waals surface area contributed by atoms with E-state index in [9.17, 15) is 53.1 Å². The van der Waals surface area contributed by atoms with Crippen molar-refractivity contribution in [3.8, 4) is 0 Å². The van der Waals surface area contributed by atoms with Gasteiger partial charge in [-0.15, -0.1) is 0 Å². The molecule has 1 atom stereocenters. The van der Waals surface area contributed by atoms with Crippen molar-refractivity contribution in [2.75, 3.05) is 5.32 Å². The summed E-state index contributed by atoms with van der Waals surface area (Å²) in [6.45, 7) is 1.11. The monoisotopic (exact) mass is 420 g/mol.